The lowest BCUT2D eigenvalue weighted by Gasteiger charge is -2.33. The number of hydrogen-bond donors (Lipinski definition) is 0. The van der Waals surface area contributed by atoms with E-state index in [1.165, 1.54) is 0 Å². The molecule has 1 aliphatic heterocycles. The minimum absolute atomic E-state index is 0.822. The summed E-state index contributed by atoms with van der Waals surface area (Å²) in [6, 6.07) is 2.01. The molecule has 0 saturated carbocycles. The van der Waals surface area contributed by atoms with Crippen molar-refractivity contribution in [3.05, 3.63) is 23.3 Å². The van der Waals surface area contributed by atoms with Crippen molar-refractivity contribution in [3.63, 3.8) is 0 Å². The predicted molar refractivity (Wildman–Crippen MR) is 79.9 cm³/mol. The second-order valence-electron chi connectivity index (χ2n) is 5.81. The lowest BCUT2D eigenvalue weighted by molar-refractivity contribution is 0.110. The van der Waals surface area contributed by atoms with E-state index in [2.05, 4.69) is 37.4 Å². The van der Waals surface area contributed by atoms with Gasteiger partial charge in [-0.15, -0.1) is 5.10 Å². The second-order valence-corrected chi connectivity index (χ2v) is 5.81. The van der Waals surface area contributed by atoms with Crippen molar-refractivity contribution >= 4 is 0 Å². The van der Waals surface area contributed by atoms with Gasteiger partial charge in [-0.1, -0.05) is 12.1 Å². The maximum atomic E-state index is 5.29. The molecule has 3 heterocycles. The van der Waals surface area contributed by atoms with Crippen molar-refractivity contribution in [1.29, 1.82) is 0 Å². The van der Waals surface area contributed by atoms with Crippen LogP contribution in [0.4, 0.5) is 0 Å². The molecule has 0 aliphatic carbocycles. The van der Waals surface area contributed by atoms with Crippen molar-refractivity contribution in [2.24, 2.45) is 0 Å². The van der Waals surface area contributed by atoms with Crippen LogP contribution in [0, 0.1) is 6.92 Å². The average molecular weight is 305 g/mol. The Morgan fingerprint density at radius 1 is 1.14 bits per heavy atom. The topological polar surface area (TPSA) is 76.1 Å². The van der Waals surface area contributed by atoms with Crippen molar-refractivity contribution in [1.82, 2.24) is 35.2 Å². The molecule has 0 unspecified atom stereocenters. The van der Waals surface area contributed by atoms with E-state index in [4.69, 9.17) is 4.52 Å². The third-order valence-corrected chi connectivity index (χ3v) is 3.93. The molecular formula is C14H23N7O. The summed E-state index contributed by atoms with van der Waals surface area (Å²) in [4.78, 5) is 4.80. The number of tetrazole rings is 1. The number of hydrogen-bond acceptors (Lipinski definition) is 7. The first-order valence-corrected chi connectivity index (χ1v) is 7.86. The monoisotopic (exact) mass is 305 g/mol. The highest BCUT2D eigenvalue weighted by atomic mass is 16.5. The molecule has 0 bridgehead atoms. The van der Waals surface area contributed by atoms with E-state index >= 15 is 0 Å². The maximum absolute atomic E-state index is 5.29. The normalized spacial score (nSPS) is 17.2. The van der Waals surface area contributed by atoms with Gasteiger partial charge in [-0.3, -0.25) is 9.80 Å². The molecule has 0 amide bonds. The summed E-state index contributed by atoms with van der Waals surface area (Å²) in [5.74, 6) is 1.90. The van der Waals surface area contributed by atoms with Gasteiger partial charge in [-0.25, -0.2) is 4.68 Å². The Hall–Kier alpha value is -1.80. The highest BCUT2D eigenvalue weighted by Gasteiger charge is 2.20. The van der Waals surface area contributed by atoms with Crippen LogP contribution >= 0.6 is 0 Å². The van der Waals surface area contributed by atoms with Crippen LogP contribution in [-0.4, -0.2) is 61.3 Å². The summed E-state index contributed by atoms with van der Waals surface area (Å²) in [5, 5.41) is 15.9. The molecule has 3 rings (SSSR count). The predicted octanol–water partition coefficient (Wildman–Crippen LogP) is 0.697. The Labute approximate surface area is 130 Å². The van der Waals surface area contributed by atoms with Gasteiger partial charge in [-0.05, 0) is 23.8 Å². The summed E-state index contributed by atoms with van der Waals surface area (Å²) in [6.07, 6.45) is 1.04. The summed E-state index contributed by atoms with van der Waals surface area (Å²) in [5.41, 5.74) is 0.941. The van der Waals surface area contributed by atoms with E-state index in [-0.39, 0.29) is 0 Å². The zero-order valence-corrected chi connectivity index (χ0v) is 13.3. The Morgan fingerprint density at radius 2 is 1.86 bits per heavy atom. The average Bonchev–Trinajstić information content (AvgIpc) is 3.11. The van der Waals surface area contributed by atoms with Crippen LogP contribution in [0.3, 0.4) is 0 Å². The Morgan fingerprint density at radius 3 is 2.50 bits per heavy atom. The molecule has 1 aliphatic rings. The SMILES string of the molecule is CCCn1nnnc1CN1CCN(Cc2cc(C)no2)CC1. The molecule has 8 heteroatoms. The van der Waals surface area contributed by atoms with Gasteiger partial charge in [0.05, 0.1) is 18.8 Å². The van der Waals surface area contributed by atoms with E-state index in [9.17, 15) is 0 Å². The highest BCUT2D eigenvalue weighted by Crippen LogP contribution is 2.11. The fraction of sp³-hybridized carbons (Fsp3) is 0.714. The summed E-state index contributed by atoms with van der Waals surface area (Å²) in [6.45, 7) is 10.7. The minimum atomic E-state index is 0.822. The van der Waals surface area contributed by atoms with Gasteiger partial charge in [0.2, 0.25) is 0 Å². The van der Waals surface area contributed by atoms with Crippen molar-refractivity contribution in [2.75, 3.05) is 26.2 Å². The smallest absolute Gasteiger partial charge is 0.165 e. The van der Waals surface area contributed by atoms with Crippen molar-refractivity contribution in [2.45, 2.75) is 39.9 Å². The molecule has 0 atom stereocenters. The number of nitrogens with zero attached hydrogens (tertiary/aromatic N) is 7. The summed E-state index contributed by atoms with van der Waals surface area (Å²) < 4.78 is 7.19. The third-order valence-electron chi connectivity index (χ3n) is 3.93. The van der Waals surface area contributed by atoms with Crippen LogP contribution in [0.15, 0.2) is 10.6 Å². The van der Waals surface area contributed by atoms with E-state index < -0.39 is 0 Å². The fourth-order valence-electron chi connectivity index (χ4n) is 2.74. The molecular weight excluding hydrogens is 282 g/mol. The van der Waals surface area contributed by atoms with Gasteiger partial charge >= 0.3 is 0 Å². The van der Waals surface area contributed by atoms with Crippen LogP contribution in [-0.2, 0) is 19.6 Å². The molecule has 0 spiro atoms. The highest BCUT2D eigenvalue weighted by molar-refractivity contribution is 5.03. The van der Waals surface area contributed by atoms with Crippen LogP contribution in [0.5, 0.6) is 0 Å². The Bertz CT molecular complexity index is 586. The number of aromatic nitrogens is 5. The lowest BCUT2D eigenvalue weighted by Crippen LogP contribution is -2.45. The molecule has 1 fully saturated rings. The van der Waals surface area contributed by atoms with Crippen LogP contribution in [0.2, 0.25) is 0 Å². The van der Waals surface area contributed by atoms with E-state index in [0.717, 1.165) is 69.5 Å². The van der Waals surface area contributed by atoms with Gasteiger partial charge < -0.3 is 4.52 Å². The van der Waals surface area contributed by atoms with E-state index in [1.54, 1.807) is 0 Å². The molecule has 2 aromatic heterocycles. The second kappa shape index (κ2) is 6.97. The standard InChI is InChI=1S/C14H23N7O/c1-3-4-21-14(15-17-18-21)11-20-7-5-19(6-8-20)10-13-9-12(2)16-22-13/h9H,3-8,10-11H2,1-2H3. The zero-order chi connectivity index (χ0) is 15.4. The van der Waals surface area contributed by atoms with Gasteiger partial charge in [-0.2, -0.15) is 0 Å². The molecule has 120 valence electrons. The Kier molecular flexibility index (Phi) is 4.79. The summed E-state index contributed by atoms with van der Waals surface area (Å²) in [7, 11) is 0. The van der Waals surface area contributed by atoms with Crippen molar-refractivity contribution < 1.29 is 4.52 Å². The largest absolute Gasteiger partial charge is 0.360 e. The first kappa shape index (κ1) is 15.1. The van der Waals surface area contributed by atoms with Crippen LogP contribution in [0.1, 0.15) is 30.6 Å². The number of rotatable bonds is 6. The third kappa shape index (κ3) is 3.69. The quantitative estimate of drug-likeness (QED) is 0.777. The first-order chi connectivity index (χ1) is 10.7. The van der Waals surface area contributed by atoms with Gasteiger partial charge in [0, 0.05) is 38.8 Å². The lowest BCUT2D eigenvalue weighted by atomic mass is 10.3. The van der Waals surface area contributed by atoms with Crippen LogP contribution in [0.25, 0.3) is 0 Å². The van der Waals surface area contributed by atoms with Gasteiger partial charge in [0.15, 0.2) is 11.6 Å². The van der Waals surface area contributed by atoms with E-state index in [1.807, 2.05) is 17.7 Å². The molecule has 1 saturated heterocycles. The van der Waals surface area contributed by atoms with E-state index in [0.29, 0.717) is 0 Å². The first-order valence-electron chi connectivity index (χ1n) is 7.86. The summed E-state index contributed by atoms with van der Waals surface area (Å²) >= 11 is 0. The minimum Gasteiger partial charge on any atom is -0.360 e. The zero-order valence-electron chi connectivity index (χ0n) is 13.3. The molecule has 0 N–H and O–H groups in total. The molecule has 22 heavy (non-hydrogen) atoms. The van der Waals surface area contributed by atoms with Gasteiger partial charge in [0.25, 0.3) is 0 Å². The molecule has 2 aromatic rings. The van der Waals surface area contributed by atoms with Crippen molar-refractivity contribution in [3.8, 4) is 0 Å². The van der Waals surface area contributed by atoms with Gasteiger partial charge in [0.1, 0.15) is 0 Å². The molecule has 8 nitrogen and oxygen atoms in total. The molecule has 0 aromatic carbocycles. The number of piperazine rings is 1. The maximum Gasteiger partial charge on any atom is 0.165 e. The number of aryl methyl sites for hydroxylation is 2. The fourth-order valence-corrected chi connectivity index (χ4v) is 2.74. The molecule has 0 radical (unpaired) electrons. The Balaban J connectivity index is 1.48. The van der Waals surface area contributed by atoms with Crippen LogP contribution < -0.4 is 0 Å².